The van der Waals surface area contributed by atoms with E-state index in [0.29, 0.717) is 17.9 Å². The summed E-state index contributed by atoms with van der Waals surface area (Å²) in [6.07, 6.45) is 0. The first-order valence-corrected chi connectivity index (χ1v) is 11.6. The van der Waals surface area contributed by atoms with Gasteiger partial charge in [0.1, 0.15) is 18.1 Å². The molecule has 0 saturated carbocycles. The highest BCUT2D eigenvalue weighted by atomic mass is 19.1. The van der Waals surface area contributed by atoms with E-state index in [4.69, 9.17) is 9.47 Å². The molecule has 2 aromatic rings. The van der Waals surface area contributed by atoms with Crippen LogP contribution in [-0.2, 0) is 27.5 Å². The molecule has 204 valence electrons. The second kappa shape index (κ2) is 14.9. The number of nitrogens with zero attached hydrogens (tertiary/aromatic N) is 1. The second-order valence-corrected chi connectivity index (χ2v) is 8.82. The predicted molar refractivity (Wildman–Crippen MR) is 142 cm³/mol. The molecule has 0 aromatic heterocycles. The summed E-state index contributed by atoms with van der Waals surface area (Å²) in [5, 5.41) is 5.59. The Hall–Kier alpha value is -3.46. The molecule has 8 nitrogen and oxygen atoms in total. The zero-order valence-electron chi connectivity index (χ0n) is 20.3. The Morgan fingerprint density at radius 1 is 0.919 bits per heavy atom. The first-order valence-electron chi connectivity index (χ1n) is 11.6. The number of ketones is 1. The Kier molecular flexibility index (Phi) is 12.8. The standard InChI is InChI=1S/C26H32FN3O5.2CH4/c1-17-11-28-24(31)14-30(15-25(32)29-12-18(2)26(17)33)13-19-8-9-22(34-3)20(10-19)16-35-23-7-5-4-6-21(23)27;;/h4-10,17-18H,11-16H2,1-3H3,(H,28,31)(H,29,32);2*1H4. The maximum absolute atomic E-state index is 13.9. The van der Waals surface area contributed by atoms with Crippen LogP contribution in [0.25, 0.3) is 0 Å². The summed E-state index contributed by atoms with van der Waals surface area (Å²) in [5.41, 5.74) is 1.54. The average Bonchev–Trinajstić information content (AvgIpc) is 2.84. The molecule has 37 heavy (non-hydrogen) atoms. The van der Waals surface area contributed by atoms with Crippen molar-refractivity contribution >= 4 is 17.6 Å². The molecule has 1 heterocycles. The van der Waals surface area contributed by atoms with Gasteiger partial charge in [-0.3, -0.25) is 19.3 Å². The van der Waals surface area contributed by atoms with Gasteiger partial charge in [0, 0.05) is 37.0 Å². The lowest BCUT2D eigenvalue weighted by Crippen LogP contribution is -2.46. The Labute approximate surface area is 219 Å². The number of hydrogen-bond donors (Lipinski definition) is 2. The predicted octanol–water partition coefficient (Wildman–Crippen LogP) is 3.57. The number of methoxy groups -OCH3 is 1. The van der Waals surface area contributed by atoms with Crippen molar-refractivity contribution in [1.29, 1.82) is 0 Å². The number of Topliss-reactive ketones (excluding diaryl/α,β-unsaturated/α-hetero) is 1. The van der Waals surface area contributed by atoms with Gasteiger partial charge in [-0.05, 0) is 29.8 Å². The van der Waals surface area contributed by atoms with Crippen LogP contribution in [0.3, 0.4) is 0 Å². The smallest absolute Gasteiger partial charge is 0.234 e. The van der Waals surface area contributed by atoms with Crippen LogP contribution in [-0.4, -0.2) is 55.8 Å². The summed E-state index contributed by atoms with van der Waals surface area (Å²) in [6, 6.07) is 11.6. The molecule has 2 N–H and O–H groups in total. The monoisotopic (exact) mass is 517 g/mol. The van der Waals surface area contributed by atoms with Gasteiger partial charge in [0.05, 0.1) is 20.2 Å². The Morgan fingerprint density at radius 2 is 1.51 bits per heavy atom. The molecule has 1 saturated heterocycles. The van der Waals surface area contributed by atoms with E-state index in [1.54, 1.807) is 50.1 Å². The molecule has 0 spiro atoms. The molecule has 0 bridgehead atoms. The second-order valence-electron chi connectivity index (χ2n) is 8.82. The van der Waals surface area contributed by atoms with Gasteiger partial charge in [-0.15, -0.1) is 0 Å². The van der Waals surface area contributed by atoms with Crippen LogP contribution >= 0.6 is 0 Å². The quantitative estimate of drug-likeness (QED) is 0.608. The van der Waals surface area contributed by atoms with E-state index in [0.717, 1.165) is 5.56 Å². The highest BCUT2D eigenvalue weighted by Gasteiger charge is 2.24. The number of carbonyl (C=O) groups is 3. The van der Waals surface area contributed by atoms with E-state index in [-0.39, 0.29) is 82.8 Å². The van der Waals surface area contributed by atoms with Crippen molar-refractivity contribution in [3.8, 4) is 11.5 Å². The molecular formula is C28H40FN3O5. The Morgan fingerprint density at radius 3 is 2.08 bits per heavy atom. The molecule has 3 rings (SSSR count). The van der Waals surface area contributed by atoms with Gasteiger partial charge >= 0.3 is 0 Å². The van der Waals surface area contributed by atoms with Crippen LogP contribution in [0, 0.1) is 17.7 Å². The number of benzene rings is 2. The molecule has 1 fully saturated rings. The first-order chi connectivity index (χ1) is 16.8. The van der Waals surface area contributed by atoms with Crippen molar-refractivity contribution in [2.24, 2.45) is 11.8 Å². The van der Waals surface area contributed by atoms with E-state index in [1.807, 2.05) is 12.1 Å². The third-order valence-electron chi connectivity index (χ3n) is 5.89. The summed E-state index contributed by atoms with van der Waals surface area (Å²) in [5.74, 6) is -0.921. The number of nitrogens with one attached hydrogen (secondary N) is 2. The van der Waals surface area contributed by atoms with Gasteiger partial charge in [0.2, 0.25) is 11.8 Å². The maximum atomic E-state index is 13.9. The molecular weight excluding hydrogens is 477 g/mol. The van der Waals surface area contributed by atoms with Crippen LogP contribution in [0.15, 0.2) is 42.5 Å². The van der Waals surface area contributed by atoms with Gasteiger partial charge in [-0.2, -0.15) is 0 Å². The fourth-order valence-electron chi connectivity index (χ4n) is 3.93. The summed E-state index contributed by atoms with van der Waals surface area (Å²) >= 11 is 0. The molecule has 2 aromatic carbocycles. The number of ether oxygens (including phenoxy) is 2. The number of amides is 2. The van der Waals surface area contributed by atoms with Gasteiger partial charge in [0.15, 0.2) is 11.6 Å². The van der Waals surface area contributed by atoms with Crippen molar-refractivity contribution in [2.45, 2.75) is 41.9 Å². The molecule has 9 heteroatoms. The van der Waals surface area contributed by atoms with E-state index in [1.165, 1.54) is 6.07 Å². The number of halogens is 1. The summed E-state index contributed by atoms with van der Waals surface area (Å²) in [4.78, 5) is 39.2. The van der Waals surface area contributed by atoms with Gasteiger partial charge in [-0.25, -0.2) is 4.39 Å². The van der Waals surface area contributed by atoms with Crippen molar-refractivity contribution < 1.29 is 28.2 Å². The molecule has 2 unspecified atom stereocenters. The van der Waals surface area contributed by atoms with E-state index < -0.39 is 5.82 Å². The van der Waals surface area contributed by atoms with Crippen molar-refractivity contribution in [3.05, 3.63) is 59.4 Å². The van der Waals surface area contributed by atoms with Crippen LogP contribution in [0.2, 0.25) is 0 Å². The zero-order chi connectivity index (χ0) is 25.4. The van der Waals surface area contributed by atoms with Gasteiger partial charge < -0.3 is 20.1 Å². The average molecular weight is 518 g/mol. The topological polar surface area (TPSA) is 97.0 Å². The number of hydrogen-bond acceptors (Lipinski definition) is 6. The minimum Gasteiger partial charge on any atom is -0.496 e. The van der Waals surface area contributed by atoms with Crippen LogP contribution in [0.4, 0.5) is 4.39 Å². The SMILES string of the molecule is C.C.COc1ccc(CN2CC(=O)NCC(C)C(=O)C(C)CNC(=O)C2)cc1COc1ccccc1F. The fraction of sp³-hybridized carbons (Fsp3) is 0.464. The molecule has 2 atom stereocenters. The molecule has 2 amide bonds. The molecule has 1 aliphatic heterocycles. The number of para-hydroxylation sites is 1. The Bertz CT molecular complexity index is 1030. The summed E-state index contributed by atoms with van der Waals surface area (Å²) < 4.78 is 25.0. The third kappa shape index (κ3) is 9.17. The lowest BCUT2D eigenvalue weighted by Gasteiger charge is -2.25. The van der Waals surface area contributed by atoms with Gasteiger partial charge in [0.25, 0.3) is 0 Å². The zero-order valence-corrected chi connectivity index (χ0v) is 20.3. The van der Waals surface area contributed by atoms with Gasteiger partial charge in [-0.1, -0.05) is 46.9 Å². The number of carbonyl (C=O) groups excluding carboxylic acids is 3. The van der Waals surface area contributed by atoms with E-state index in [2.05, 4.69) is 10.6 Å². The largest absolute Gasteiger partial charge is 0.496 e. The van der Waals surface area contributed by atoms with Crippen LogP contribution in [0.1, 0.15) is 39.8 Å². The molecule has 0 radical (unpaired) electrons. The third-order valence-corrected chi connectivity index (χ3v) is 5.89. The highest BCUT2D eigenvalue weighted by molar-refractivity contribution is 5.86. The molecule has 0 aliphatic carbocycles. The highest BCUT2D eigenvalue weighted by Crippen LogP contribution is 2.24. The lowest BCUT2D eigenvalue weighted by molar-refractivity contribution is -0.128. The minimum absolute atomic E-state index is 0. The Balaban J connectivity index is 0.00000342. The van der Waals surface area contributed by atoms with Crippen molar-refractivity contribution in [3.63, 3.8) is 0 Å². The maximum Gasteiger partial charge on any atom is 0.234 e. The van der Waals surface area contributed by atoms with E-state index >= 15 is 0 Å². The summed E-state index contributed by atoms with van der Waals surface area (Å²) in [7, 11) is 1.54. The number of rotatable bonds is 6. The van der Waals surface area contributed by atoms with E-state index in [9.17, 15) is 18.8 Å². The summed E-state index contributed by atoms with van der Waals surface area (Å²) in [6.45, 7) is 4.45. The van der Waals surface area contributed by atoms with Crippen LogP contribution in [0.5, 0.6) is 11.5 Å². The van der Waals surface area contributed by atoms with Crippen molar-refractivity contribution in [1.82, 2.24) is 15.5 Å². The minimum atomic E-state index is -0.454. The lowest BCUT2D eigenvalue weighted by atomic mass is 9.95. The van der Waals surface area contributed by atoms with Crippen LogP contribution < -0.4 is 20.1 Å². The normalized spacial score (nSPS) is 19.2. The fourth-order valence-corrected chi connectivity index (χ4v) is 3.93. The molecule has 1 aliphatic rings. The van der Waals surface area contributed by atoms with Crippen molar-refractivity contribution in [2.75, 3.05) is 33.3 Å². The first kappa shape index (κ1) is 31.6.